The first kappa shape index (κ1) is 16.2. The Bertz CT molecular complexity index is 473. The van der Waals surface area contributed by atoms with E-state index in [0.717, 1.165) is 50.1 Å². The molecule has 1 saturated heterocycles. The highest BCUT2D eigenvalue weighted by Crippen LogP contribution is 2.29. The standard InChI is InChI=1S/C16H28N4O/c1-6-17-9-13-14(10-18-15(19-13)12(2)3)20-7-8-21-11-16(20,4)5/h10,12,17H,6-9,11H2,1-5H3. The Labute approximate surface area is 128 Å². The summed E-state index contributed by atoms with van der Waals surface area (Å²) in [6.07, 6.45) is 1.99. The lowest BCUT2D eigenvalue weighted by molar-refractivity contribution is 0.0642. The van der Waals surface area contributed by atoms with Crippen LogP contribution < -0.4 is 10.2 Å². The topological polar surface area (TPSA) is 50.3 Å². The predicted molar refractivity (Wildman–Crippen MR) is 85.7 cm³/mol. The quantitative estimate of drug-likeness (QED) is 0.902. The molecule has 21 heavy (non-hydrogen) atoms. The molecule has 1 aliphatic rings. The van der Waals surface area contributed by atoms with Crippen LogP contribution in [-0.4, -0.2) is 41.8 Å². The zero-order valence-corrected chi connectivity index (χ0v) is 13.9. The van der Waals surface area contributed by atoms with E-state index in [9.17, 15) is 0 Å². The molecule has 0 radical (unpaired) electrons. The number of ether oxygens (including phenoxy) is 1. The minimum atomic E-state index is -0.0259. The second-order valence-corrected chi connectivity index (χ2v) is 6.51. The molecular weight excluding hydrogens is 264 g/mol. The maximum Gasteiger partial charge on any atom is 0.131 e. The summed E-state index contributed by atoms with van der Waals surface area (Å²) in [7, 11) is 0. The van der Waals surface area contributed by atoms with E-state index in [2.05, 4.69) is 49.8 Å². The fourth-order valence-electron chi connectivity index (χ4n) is 2.61. The van der Waals surface area contributed by atoms with Crippen LogP contribution in [0.1, 0.15) is 52.1 Å². The highest BCUT2D eigenvalue weighted by molar-refractivity contribution is 5.52. The summed E-state index contributed by atoms with van der Waals surface area (Å²) < 4.78 is 5.62. The summed E-state index contributed by atoms with van der Waals surface area (Å²) >= 11 is 0. The smallest absolute Gasteiger partial charge is 0.131 e. The van der Waals surface area contributed by atoms with Gasteiger partial charge < -0.3 is 15.0 Å². The van der Waals surface area contributed by atoms with E-state index in [1.165, 1.54) is 0 Å². The lowest BCUT2D eigenvalue weighted by Gasteiger charge is -2.44. The van der Waals surface area contributed by atoms with E-state index in [-0.39, 0.29) is 5.54 Å². The monoisotopic (exact) mass is 292 g/mol. The van der Waals surface area contributed by atoms with Crippen molar-refractivity contribution >= 4 is 5.69 Å². The molecule has 1 aromatic rings. The molecule has 1 aliphatic heterocycles. The minimum Gasteiger partial charge on any atom is -0.377 e. The number of hydrogen-bond donors (Lipinski definition) is 1. The van der Waals surface area contributed by atoms with Crippen LogP contribution in [0.25, 0.3) is 0 Å². The number of nitrogens with one attached hydrogen (secondary N) is 1. The van der Waals surface area contributed by atoms with E-state index in [4.69, 9.17) is 9.72 Å². The number of nitrogens with zero attached hydrogens (tertiary/aromatic N) is 3. The van der Waals surface area contributed by atoms with Crippen LogP contribution in [0.15, 0.2) is 6.20 Å². The molecule has 0 aliphatic carbocycles. The molecule has 0 aromatic carbocycles. The van der Waals surface area contributed by atoms with Crippen LogP contribution in [0.4, 0.5) is 5.69 Å². The van der Waals surface area contributed by atoms with Crippen molar-refractivity contribution in [2.75, 3.05) is 31.2 Å². The fraction of sp³-hybridized carbons (Fsp3) is 0.750. The van der Waals surface area contributed by atoms with Crippen molar-refractivity contribution in [2.45, 2.75) is 52.6 Å². The molecule has 5 nitrogen and oxygen atoms in total. The number of hydrogen-bond acceptors (Lipinski definition) is 5. The molecule has 118 valence electrons. The molecule has 0 amide bonds. The molecule has 5 heteroatoms. The summed E-state index contributed by atoms with van der Waals surface area (Å²) in [5.41, 5.74) is 2.20. The first-order valence-electron chi connectivity index (χ1n) is 7.87. The molecular formula is C16H28N4O. The maximum absolute atomic E-state index is 5.62. The van der Waals surface area contributed by atoms with Gasteiger partial charge in [-0.15, -0.1) is 0 Å². The lowest BCUT2D eigenvalue weighted by Crippen LogP contribution is -2.53. The van der Waals surface area contributed by atoms with Crippen LogP contribution in [-0.2, 0) is 11.3 Å². The zero-order chi connectivity index (χ0) is 15.5. The Morgan fingerprint density at radius 3 is 2.81 bits per heavy atom. The van der Waals surface area contributed by atoms with Crippen LogP contribution >= 0.6 is 0 Å². The minimum absolute atomic E-state index is 0.0259. The average molecular weight is 292 g/mol. The SMILES string of the molecule is CCNCc1nc(C(C)C)ncc1N1CCOCC1(C)C. The molecule has 0 bridgehead atoms. The predicted octanol–water partition coefficient (Wildman–Crippen LogP) is 2.32. The van der Waals surface area contributed by atoms with E-state index in [1.54, 1.807) is 0 Å². The fourth-order valence-corrected chi connectivity index (χ4v) is 2.61. The average Bonchev–Trinajstić information content (AvgIpc) is 2.44. The van der Waals surface area contributed by atoms with Crippen molar-refractivity contribution in [3.8, 4) is 0 Å². The molecule has 2 heterocycles. The Morgan fingerprint density at radius 2 is 2.19 bits per heavy atom. The third-order valence-corrected chi connectivity index (χ3v) is 3.86. The summed E-state index contributed by atoms with van der Waals surface area (Å²) in [5, 5.41) is 3.39. The third-order valence-electron chi connectivity index (χ3n) is 3.86. The van der Waals surface area contributed by atoms with Crippen LogP contribution in [0.2, 0.25) is 0 Å². The summed E-state index contributed by atoms with van der Waals surface area (Å²) in [5.74, 6) is 1.26. The Morgan fingerprint density at radius 1 is 1.43 bits per heavy atom. The maximum atomic E-state index is 5.62. The first-order valence-corrected chi connectivity index (χ1v) is 7.87. The summed E-state index contributed by atoms with van der Waals surface area (Å²) in [4.78, 5) is 11.7. The van der Waals surface area contributed by atoms with Crippen LogP contribution in [0.5, 0.6) is 0 Å². The van der Waals surface area contributed by atoms with Gasteiger partial charge in [0, 0.05) is 19.0 Å². The van der Waals surface area contributed by atoms with Crippen molar-refractivity contribution in [3.05, 3.63) is 17.7 Å². The van der Waals surface area contributed by atoms with Gasteiger partial charge >= 0.3 is 0 Å². The van der Waals surface area contributed by atoms with Gasteiger partial charge in [-0.1, -0.05) is 20.8 Å². The molecule has 1 aromatic heterocycles. The largest absolute Gasteiger partial charge is 0.377 e. The normalized spacial score (nSPS) is 18.3. The molecule has 0 saturated carbocycles. The highest BCUT2D eigenvalue weighted by atomic mass is 16.5. The lowest BCUT2D eigenvalue weighted by atomic mass is 10.0. The van der Waals surface area contributed by atoms with Gasteiger partial charge in [-0.3, -0.25) is 0 Å². The third kappa shape index (κ3) is 3.71. The van der Waals surface area contributed by atoms with Crippen LogP contribution in [0, 0.1) is 0 Å². The summed E-state index contributed by atoms with van der Waals surface area (Å²) in [6, 6.07) is 0. The van der Waals surface area contributed by atoms with Crippen LogP contribution in [0.3, 0.4) is 0 Å². The van der Waals surface area contributed by atoms with Gasteiger partial charge in [0.1, 0.15) is 5.82 Å². The number of aromatic nitrogens is 2. The van der Waals surface area contributed by atoms with Crippen molar-refractivity contribution in [2.24, 2.45) is 0 Å². The van der Waals surface area contributed by atoms with E-state index in [1.807, 2.05) is 6.20 Å². The molecule has 1 N–H and O–H groups in total. The zero-order valence-electron chi connectivity index (χ0n) is 13.9. The van der Waals surface area contributed by atoms with Gasteiger partial charge in [0.2, 0.25) is 0 Å². The Balaban J connectivity index is 2.36. The second kappa shape index (κ2) is 6.71. The van der Waals surface area contributed by atoms with E-state index in [0.29, 0.717) is 5.92 Å². The number of rotatable bonds is 5. The van der Waals surface area contributed by atoms with Gasteiger partial charge in [-0.25, -0.2) is 9.97 Å². The molecule has 0 atom stereocenters. The molecule has 0 unspecified atom stereocenters. The second-order valence-electron chi connectivity index (χ2n) is 6.51. The van der Waals surface area contributed by atoms with Crippen molar-refractivity contribution < 1.29 is 4.74 Å². The van der Waals surface area contributed by atoms with Crippen molar-refractivity contribution in [3.63, 3.8) is 0 Å². The highest BCUT2D eigenvalue weighted by Gasteiger charge is 2.32. The van der Waals surface area contributed by atoms with E-state index < -0.39 is 0 Å². The molecule has 0 spiro atoms. The molecule has 1 fully saturated rings. The van der Waals surface area contributed by atoms with E-state index >= 15 is 0 Å². The van der Waals surface area contributed by atoms with Crippen molar-refractivity contribution in [1.29, 1.82) is 0 Å². The first-order chi connectivity index (χ1) is 9.95. The van der Waals surface area contributed by atoms with Gasteiger partial charge in [0.15, 0.2) is 0 Å². The van der Waals surface area contributed by atoms with Crippen molar-refractivity contribution in [1.82, 2.24) is 15.3 Å². The van der Waals surface area contributed by atoms with Gasteiger partial charge in [0.25, 0.3) is 0 Å². The number of anilines is 1. The van der Waals surface area contributed by atoms with Gasteiger partial charge in [-0.05, 0) is 20.4 Å². The summed E-state index contributed by atoms with van der Waals surface area (Å²) in [6.45, 7) is 14.9. The molecule has 2 rings (SSSR count). The van der Waals surface area contributed by atoms with Gasteiger partial charge in [-0.2, -0.15) is 0 Å². The Kier molecular flexibility index (Phi) is 5.17. The Hall–Kier alpha value is -1.20. The van der Waals surface area contributed by atoms with Gasteiger partial charge in [0.05, 0.1) is 36.3 Å². The number of morpholine rings is 1.